The van der Waals surface area contributed by atoms with Gasteiger partial charge in [0, 0.05) is 0 Å². The van der Waals surface area contributed by atoms with E-state index in [2.05, 4.69) is 0 Å². The van der Waals surface area contributed by atoms with Crippen molar-refractivity contribution >= 4 is 28.3 Å². The summed E-state index contributed by atoms with van der Waals surface area (Å²) in [5.74, 6) is 0. The van der Waals surface area contributed by atoms with Crippen molar-refractivity contribution in [1.82, 2.24) is 0 Å². The molecule has 0 aromatic heterocycles. The summed E-state index contributed by atoms with van der Waals surface area (Å²) in [5, 5.41) is 0.851. The third-order valence-electron chi connectivity index (χ3n) is 4.28. The summed E-state index contributed by atoms with van der Waals surface area (Å²) in [6, 6.07) is 14.7. The number of halogens is 1. The molecule has 0 saturated heterocycles. The molecule has 0 spiro atoms. The van der Waals surface area contributed by atoms with Gasteiger partial charge in [-0.05, 0) is 0 Å². The molecule has 0 aliphatic heterocycles. The van der Waals surface area contributed by atoms with E-state index in [-0.39, 0.29) is 10.8 Å². The average molecular weight is 367 g/mol. The molecule has 0 aliphatic rings. The van der Waals surface area contributed by atoms with E-state index >= 15 is 0 Å². The SMILES string of the molecule is CC(C)(C)c1ccccc1P(O)(O)(Cl)c1ccccc1C(C)(C)C. The topological polar surface area (TPSA) is 40.5 Å². The van der Waals surface area contributed by atoms with Crippen molar-refractivity contribution < 1.29 is 9.79 Å². The van der Waals surface area contributed by atoms with Gasteiger partial charge < -0.3 is 0 Å². The molecule has 2 aromatic rings. The number of hydrogen-bond donors (Lipinski definition) is 2. The van der Waals surface area contributed by atoms with Crippen molar-refractivity contribution in [2.75, 3.05) is 0 Å². The fourth-order valence-corrected chi connectivity index (χ4v) is 6.55. The fourth-order valence-electron chi connectivity index (χ4n) is 3.04. The van der Waals surface area contributed by atoms with Crippen LogP contribution in [-0.4, -0.2) is 9.79 Å². The Labute approximate surface area is 150 Å². The summed E-state index contributed by atoms with van der Waals surface area (Å²) in [4.78, 5) is 22.9. The summed E-state index contributed by atoms with van der Waals surface area (Å²) in [7, 11) is 0. The molecular formula is C20H28ClO2P. The van der Waals surface area contributed by atoms with E-state index in [1.165, 1.54) is 0 Å². The molecule has 24 heavy (non-hydrogen) atoms. The van der Waals surface area contributed by atoms with Gasteiger partial charge in [0.25, 0.3) is 0 Å². The molecule has 2 rings (SSSR count). The normalized spacial score (nSPS) is 15.0. The van der Waals surface area contributed by atoms with Crippen LogP contribution in [0, 0.1) is 0 Å². The summed E-state index contributed by atoms with van der Waals surface area (Å²) in [5.41, 5.74) is 1.20. The van der Waals surface area contributed by atoms with Crippen LogP contribution < -0.4 is 10.6 Å². The molecule has 0 saturated carbocycles. The third-order valence-corrected chi connectivity index (χ3v) is 7.86. The van der Waals surface area contributed by atoms with Crippen LogP contribution >= 0.6 is 17.7 Å². The van der Waals surface area contributed by atoms with Crippen LogP contribution in [-0.2, 0) is 10.8 Å². The summed E-state index contributed by atoms with van der Waals surface area (Å²) in [6.45, 7) is 12.3. The number of rotatable bonds is 2. The summed E-state index contributed by atoms with van der Waals surface area (Å²) in [6.07, 6.45) is -4.79. The molecule has 0 unspecified atom stereocenters. The van der Waals surface area contributed by atoms with Gasteiger partial charge in [-0.25, -0.2) is 0 Å². The molecule has 0 radical (unpaired) electrons. The van der Waals surface area contributed by atoms with Crippen molar-refractivity contribution in [2.45, 2.75) is 52.4 Å². The van der Waals surface area contributed by atoms with Crippen LogP contribution in [0.4, 0.5) is 0 Å². The first-order chi connectivity index (χ1) is 10.7. The summed E-state index contributed by atoms with van der Waals surface area (Å²) >= 11 is 6.71. The Balaban J connectivity index is 2.84. The molecule has 0 atom stereocenters. The van der Waals surface area contributed by atoms with E-state index in [1.807, 2.05) is 65.8 Å². The van der Waals surface area contributed by atoms with E-state index in [4.69, 9.17) is 11.2 Å². The molecule has 0 fully saturated rings. The first-order valence-electron chi connectivity index (χ1n) is 8.17. The molecule has 132 valence electrons. The van der Waals surface area contributed by atoms with E-state index in [0.29, 0.717) is 10.6 Å². The molecule has 0 amide bonds. The van der Waals surface area contributed by atoms with Gasteiger partial charge in [-0.2, -0.15) is 0 Å². The zero-order chi connectivity index (χ0) is 18.4. The Morgan fingerprint density at radius 3 is 1.25 bits per heavy atom. The predicted molar refractivity (Wildman–Crippen MR) is 107 cm³/mol. The van der Waals surface area contributed by atoms with Crippen molar-refractivity contribution in [3.05, 3.63) is 59.7 Å². The van der Waals surface area contributed by atoms with E-state index < -0.39 is 6.41 Å². The number of benzene rings is 2. The molecule has 4 heteroatoms. The maximum absolute atomic E-state index is 11.5. The van der Waals surface area contributed by atoms with Crippen molar-refractivity contribution in [2.24, 2.45) is 0 Å². The zero-order valence-corrected chi connectivity index (χ0v) is 17.0. The van der Waals surface area contributed by atoms with Gasteiger partial charge in [-0.3, -0.25) is 0 Å². The van der Waals surface area contributed by atoms with E-state index in [9.17, 15) is 9.79 Å². The standard InChI is InChI=1S/C20H28ClO2P/c1-19(2,3)15-11-7-9-13-17(15)24(21,22,23)18-14-10-8-12-16(18)20(4,5)6/h7-14,22-23H,1-6H3. The van der Waals surface area contributed by atoms with E-state index in [1.54, 1.807) is 24.3 Å². The quantitative estimate of drug-likeness (QED) is 0.753. The van der Waals surface area contributed by atoms with Gasteiger partial charge in [0.2, 0.25) is 0 Å². The first-order valence-corrected chi connectivity index (χ1v) is 11.2. The van der Waals surface area contributed by atoms with Gasteiger partial charge in [0.05, 0.1) is 0 Å². The monoisotopic (exact) mass is 366 g/mol. The van der Waals surface area contributed by atoms with Crippen molar-refractivity contribution in [3.63, 3.8) is 0 Å². The van der Waals surface area contributed by atoms with Crippen molar-refractivity contribution in [3.8, 4) is 0 Å². The number of hydrogen-bond acceptors (Lipinski definition) is 2. The van der Waals surface area contributed by atoms with Crippen LogP contribution in [0.25, 0.3) is 0 Å². The molecular weight excluding hydrogens is 339 g/mol. The maximum atomic E-state index is 11.5. The Hall–Kier alpha value is -0.920. The molecule has 0 bridgehead atoms. The zero-order valence-electron chi connectivity index (χ0n) is 15.3. The Morgan fingerprint density at radius 2 is 0.958 bits per heavy atom. The molecule has 2 N–H and O–H groups in total. The Morgan fingerprint density at radius 1 is 0.667 bits per heavy atom. The van der Waals surface area contributed by atoms with Crippen LogP contribution in [0.15, 0.2) is 48.5 Å². The minimum atomic E-state index is -4.79. The van der Waals surface area contributed by atoms with Gasteiger partial charge in [0.15, 0.2) is 0 Å². The van der Waals surface area contributed by atoms with Crippen molar-refractivity contribution in [1.29, 1.82) is 0 Å². The van der Waals surface area contributed by atoms with Crippen LogP contribution in [0.2, 0.25) is 0 Å². The average Bonchev–Trinajstić information content (AvgIpc) is 2.45. The molecule has 0 heterocycles. The second kappa shape index (κ2) is 5.81. The van der Waals surface area contributed by atoms with Crippen LogP contribution in [0.1, 0.15) is 52.7 Å². The van der Waals surface area contributed by atoms with Gasteiger partial charge in [0.1, 0.15) is 0 Å². The Bertz CT molecular complexity index is 685. The predicted octanol–water partition coefficient (Wildman–Crippen LogP) is 4.75. The second-order valence-corrected chi connectivity index (χ2v) is 13.2. The fraction of sp³-hybridized carbons (Fsp3) is 0.400. The third kappa shape index (κ3) is 3.53. The minimum absolute atomic E-state index is 0.253. The van der Waals surface area contributed by atoms with E-state index in [0.717, 1.165) is 11.1 Å². The Kier molecular flexibility index (Phi) is 4.70. The van der Waals surface area contributed by atoms with Crippen LogP contribution in [0.3, 0.4) is 0 Å². The molecule has 2 nitrogen and oxygen atoms in total. The molecule has 2 aromatic carbocycles. The van der Waals surface area contributed by atoms with Crippen LogP contribution in [0.5, 0.6) is 0 Å². The summed E-state index contributed by atoms with van der Waals surface area (Å²) < 4.78 is 0. The van der Waals surface area contributed by atoms with Gasteiger partial charge in [-0.1, -0.05) is 0 Å². The second-order valence-electron chi connectivity index (χ2n) is 8.46. The molecule has 0 aliphatic carbocycles. The van der Waals surface area contributed by atoms with Gasteiger partial charge >= 0.3 is 150 Å². The van der Waals surface area contributed by atoms with Gasteiger partial charge in [-0.15, -0.1) is 0 Å². The first kappa shape index (κ1) is 19.4.